The van der Waals surface area contributed by atoms with Crippen molar-refractivity contribution in [3.8, 4) is 5.69 Å². The standard InChI is InChI=1S/C11H10N2O2S/c1-16-9-4-2-3-8(7-9)13-6-5-10(12-13)11(14)15/h2-7H,1H3,(H,14,15). The number of benzene rings is 1. The lowest BCUT2D eigenvalue weighted by molar-refractivity contribution is 0.0690. The highest BCUT2D eigenvalue weighted by molar-refractivity contribution is 7.98. The van der Waals surface area contributed by atoms with E-state index in [1.165, 1.54) is 6.07 Å². The molecular weight excluding hydrogens is 224 g/mol. The molecule has 0 amide bonds. The van der Waals surface area contributed by atoms with Gasteiger partial charge in [-0.25, -0.2) is 9.48 Å². The second-order valence-electron chi connectivity index (χ2n) is 3.15. The van der Waals surface area contributed by atoms with E-state index in [9.17, 15) is 4.79 Å². The summed E-state index contributed by atoms with van der Waals surface area (Å²) in [6.45, 7) is 0. The molecule has 5 heteroatoms. The van der Waals surface area contributed by atoms with Gasteiger partial charge in [-0.2, -0.15) is 5.10 Å². The Morgan fingerprint density at radius 1 is 1.44 bits per heavy atom. The Kier molecular flexibility index (Phi) is 2.96. The van der Waals surface area contributed by atoms with Crippen LogP contribution in [-0.4, -0.2) is 27.1 Å². The molecule has 0 bridgehead atoms. The molecule has 0 spiro atoms. The van der Waals surface area contributed by atoms with Crippen LogP contribution in [0.4, 0.5) is 0 Å². The molecule has 0 saturated carbocycles. The van der Waals surface area contributed by atoms with Crippen molar-refractivity contribution in [1.29, 1.82) is 0 Å². The van der Waals surface area contributed by atoms with E-state index in [0.29, 0.717) is 0 Å². The fraction of sp³-hybridized carbons (Fsp3) is 0.0909. The summed E-state index contributed by atoms with van der Waals surface area (Å²) in [7, 11) is 0. The molecule has 4 nitrogen and oxygen atoms in total. The zero-order valence-corrected chi connectivity index (χ0v) is 9.44. The number of hydrogen-bond donors (Lipinski definition) is 1. The van der Waals surface area contributed by atoms with Crippen LogP contribution in [0.3, 0.4) is 0 Å². The Hall–Kier alpha value is -1.75. The molecule has 1 aromatic carbocycles. The lowest BCUT2D eigenvalue weighted by Crippen LogP contribution is -2.00. The van der Waals surface area contributed by atoms with Gasteiger partial charge in [0, 0.05) is 11.1 Å². The zero-order valence-electron chi connectivity index (χ0n) is 8.62. The van der Waals surface area contributed by atoms with Crippen LogP contribution in [0.2, 0.25) is 0 Å². The van der Waals surface area contributed by atoms with Crippen molar-refractivity contribution in [2.24, 2.45) is 0 Å². The minimum Gasteiger partial charge on any atom is -0.476 e. The van der Waals surface area contributed by atoms with Crippen LogP contribution < -0.4 is 0 Å². The molecule has 2 aromatic rings. The molecule has 1 heterocycles. The van der Waals surface area contributed by atoms with E-state index >= 15 is 0 Å². The van der Waals surface area contributed by atoms with E-state index in [1.807, 2.05) is 30.5 Å². The number of hydrogen-bond acceptors (Lipinski definition) is 3. The largest absolute Gasteiger partial charge is 0.476 e. The van der Waals surface area contributed by atoms with Gasteiger partial charge in [0.2, 0.25) is 0 Å². The van der Waals surface area contributed by atoms with Gasteiger partial charge < -0.3 is 5.11 Å². The van der Waals surface area contributed by atoms with Crippen LogP contribution in [0.1, 0.15) is 10.5 Å². The summed E-state index contributed by atoms with van der Waals surface area (Å²) in [5.41, 5.74) is 0.911. The highest BCUT2D eigenvalue weighted by Crippen LogP contribution is 2.18. The molecule has 16 heavy (non-hydrogen) atoms. The molecule has 0 unspecified atom stereocenters. The predicted octanol–water partition coefficient (Wildman–Crippen LogP) is 2.29. The Balaban J connectivity index is 2.38. The number of aromatic carboxylic acids is 1. The maximum atomic E-state index is 10.7. The van der Waals surface area contributed by atoms with E-state index in [1.54, 1.807) is 22.6 Å². The van der Waals surface area contributed by atoms with Crippen molar-refractivity contribution in [3.63, 3.8) is 0 Å². The Bertz CT molecular complexity index is 522. The van der Waals surface area contributed by atoms with E-state index in [2.05, 4.69) is 5.10 Å². The summed E-state index contributed by atoms with van der Waals surface area (Å²) in [6, 6.07) is 9.24. The first-order valence-corrected chi connectivity index (χ1v) is 5.86. The minimum absolute atomic E-state index is 0.0505. The third kappa shape index (κ3) is 2.09. The third-order valence-electron chi connectivity index (χ3n) is 2.13. The smallest absolute Gasteiger partial charge is 0.356 e. The molecular formula is C11H10N2O2S. The lowest BCUT2D eigenvalue weighted by Gasteiger charge is -2.02. The molecule has 0 radical (unpaired) electrons. The third-order valence-corrected chi connectivity index (χ3v) is 2.85. The first kappa shape index (κ1) is 10.8. The number of rotatable bonds is 3. The molecule has 1 N–H and O–H groups in total. The lowest BCUT2D eigenvalue weighted by atomic mass is 10.3. The zero-order chi connectivity index (χ0) is 11.5. The summed E-state index contributed by atoms with van der Waals surface area (Å²) < 4.78 is 1.56. The summed E-state index contributed by atoms with van der Waals surface area (Å²) in [6.07, 6.45) is 3.63. The molecule has 82 valence electrons. The molecule has 0 aliphatic carbocycles. The van der Waals surface area contributed by atoms with E-state index in [-0.39, 0.29) is 5.69 Å². The van der Waals surface area contributed by atoms with Crippen molar-refractivity contribution in [2.45, 2.75) is 4.90 Å². The maximum Gasteiger partial charge on any atom is 0.356 e. The van der Waals surface area contributed by atoms with Crippen molar-refractivity contribution < 1.29 is 9.90 Å². The average Bonchev–Trinajstić information content (AvgIpc) is 2.78. The van der Waals surface area contributed by atoms with Crippen LogP contribution in [-0.2, 0) is 0 Å². The van der Waals surface area contributed by atoms with Gasteiger partial charge >= 0.3 is 5.97 Å². The highest BCUT2D eigenvalue weighted by Gasteiger charge is 2.07. The molecule has 0 aliphatic rings. The van der Waals surface area contributed by atoms with Crippen LogP contribution in [0.5, 0.6) is 0 Å². The van der Waals surface area contributed by atoms with Crippen LogP contribution in [0.25, 0.3) is 5.69 Å². The van der Waals surface area contributed by atoms with Crippen LogP contribution in [0.15, 0.2) is 41.4 Å². The van der Waals surface area contributed by atoms with Crippen LogP contribution in [0, 0.1) is 0 Å². The fourth-order valence-corrected chi connectivity index (χ4v) is 1.79. The Morgan fingerprint density at radius 2 is 2.25 bits per heavy atom. The summed E-state index contributed by atoms with van der Waals surface area (Å²) >= 11 is 1.63. The fourth-order valence-electron chi connectivity index (χ4n) is 1.33. The van der Waals surface area contributed by atoms with E-state index in [0.717, 1.165) is 10.6 Å². The summed E-state index contributed by atoms with van der Waals surface area (Å²) in [5.74, 6) is -1.01. The van der Waals surface area contributed by atoms with Crippen molar-refractivity contribution in [1.82, 2.24) is 9.78 Å². The quantitative estimate of drug-likeness (QED) is 0.828. The molecule has 2 rings (SSSR count). The van der Waals surface area contributed by atoms with E-state index in [4.69, 9.17) is 5.11 Å². The Labute approximate surface area is 96.9 Å². The van der Waals surface area contributed by atoms with Crippen molar-refractivity contribution >= 4 is 17.7 Å². The first-order valence-electron chi connectivity index (χ1n) is 4.64. The number of carboxylic acid groups (broad SMARTS) is 1. The van der Waals surface area contributed by atoms with Gasteiger partial charge in [-0.15, -0.1) is 11.8 Å². The minimum atomic E-state index is -1.01. The van der Waals surface area contributed by atoms with Gasteiger partial charge in [0.05, 0.1) is 5.69 Å². The van der Waals surface area contributed by atoms with Gasteiger partial charge in [-0.05, 0) is 30.5 Å². The molecule has 0 fully saturated rings. The number of nitrogens with zero attached hydrogens (tertiary/aromatic N) is 2. The number of carboxylic acids is 1. The summed E-state index contributed by atoms with van der Waals surface area (Å²) in [4.78, 5) is 11.8. The Morgan fingerprint density at radius 3 is 2.88 bits per heavy atom. The molecule has 1 aromatic heterocycles. The first-order chi connectivity index (χ1) is 7.70. The van der Waals surface area contributed by atoms with Crippen molar-refractivity contribution in [2.75, 3.05) is 6.26 Å². The van der Waals surface area contributed by atoms with Gasteiger partial charge in [-0.3, -0.25) is 0 Å². The maximum absolute atomic E-state index is 10.7. The number of aromatic nitrogens is 2. The average molecular weight is 234 g/mol. The number of carbonyl (C=O) groups is 1. The van der Waals surface area contributed by atoms with Gasteiger partial charge in [0.15, 0.2) is 5.69 Å². The SMILES string of the molecule is CSc1cccc(-n2ccc(C(=O)O)n2)c1. The highest BCUT2D eigenvalue weighted by atomic mass is 32.2. The molecule has 0 saturated heterocycles. The van der Waals surface area contributed by atoms with Gasteiger partial charge in [0.1, 0.15) is 0 Å². The van der Waals surface area contributed by atoms with Crippen molar-refractivity contribution in [3.05, 3.63) is 42.2 Å². The summed E-state index contributed by atoms with van der Waals surface area (Å²) in [5, 5.41) is 12.7. The van der Waals surface area contributed by atoms with Gasteiger partial charge in [0.25, 0.3) is 0 Å². The topological polar surface area (TPSA) is 55.1 Å². The number of thioether (sulfide) groups is 1. The monoisotopic (exact) mass is 234 g/mol. The van der Waals surface area contributed by atoms with Gasteiger partial charge in [-0.1, -0.05) is 6.07 Å². The predicted molar refractivity (Wildman–Crippen MR) is 62.3 cm³/mol. The second kappa shape index (κ2) is 4.40. The second-order valence-corrected chi connectivity index (χ2v) is 4.03. The normalized spacial score (nSPS) is 10.3. The van der Waals surface area contributed by atoms with E-state index < -0.39 is 5.97 Å². The molecule has 0 aliphatic heterocycles. The molecule has 0 atom stereocenters. The van der Waals surface area contributed by atoms with Crippen LogP contribution >= 0.6 is 11.8 Å².